The molecule has 0 aliphatic heterocycles. The summed E-state index contributed by atoms with van der Waals surface area (Å²) in [4.78, 5) is 13.8. The lowest BCUT2D eigenvalue weighted by Gasteiger charge is -2.18. The van der Waals surface area contributed by atoms with Crippen LogP contribution in [0.1, 0.15) is 10.4 Å². The third kappa shape index (κ3) is 2.82. The van der Waals surface area contributed by atoms with Crippen LogP contribution in [0, 0.1) is 5.82 Å². The first-order valence-electron chi connectivity index (χ1n) is 5.90. The third-order valence-electron chi connectivity index (χ3n) is 2.94. The molecule has 0 atom stereocenters. The maximum absolute atomic E-state index is 13.8. The van der Waals surface area contributed by atoms with Crippen LogP contribution in [0.4, 0.5) is 10.1 Å². The summed E-state index contributed by atoms with van der Waals surface area (Å²) < 4.78 is 19.3. The molecule has 5 heteroatoms. The molecule has 0 saturated heterocycles. The molecule has 0 aliphatic carbocycles. The zero-order chi connectivity index (χ0) is 14.7. The van der Waals surface area contributed by atoms with Crippen LogP contribution in [0.2, 0.25) is 0 Å². The fourth-order valence-electron chi connectivity index (χ4n) is 1.79. The van der Waals surface area contributed by atoms with Gasteiger partial charge in [0, 0.05) is 17.2 Å². The van der Waals surface area contributed by atoms with Crippen molar-refractivity contribution in [3.05, 3.63) is 58.3 Å². The van der Waals surface area contributed by atoms with E-state index in [0.29, 0.717) is 15.9 Å². The lowest BCUT2D eigenvalue weighted by Crippen LogP contribution is -2.27. The van der Waals surface area contributed by atoms with Gasteiger partial charge in [-0.15, -0.1) is 0 Å². The largest absolute Gasteiger partial charge is 0.497 e. The number of ether oxygens (including phenoxy) is 1. The monoisotopic (exact) mass is 337 g/mol. The van der Waals surface area contributed by atoms with Gasteiger partial charge in [0.05, 0.1) is 12.7 Å². The second kappa shape index (κ2) is 6.05. The Balaban J connectivity index is 2.32. The normalized spacial score (nSPS) is 10.2. The number of carbonyl (C=O) groups excluding carboxylic acids is 1. The maximum atomic E-state index is 13.8. The van der Waals surface area contributed by atoms with E-state index in [2.05, 4.69) is 15.9 Å². The Bertz CT molecular complexity index is 608. The van der Waals surface area contributed by atoms with Crippen molar-refractivity contribution in [2.24, 2.45) is 0 Å². The fourth-order valence-corrected chi connectivity index (χ4v) is 2.30. The second-order valence-electron chi connectivity index (χ2n) is 4.16. The predicted octanol–water partition coefficient (Wildman–Crippen LogP) is 3.87. The Morgan fingerprint density at radius 3 is 2.40 bits per heavy atom. The Hall–Kier alpha value is -1.88. The summed E-state index contributed by atoms with van der Waals surface area (Å²) in [5, 5.41) is 0. The molecule has 2 aromatic rings. The molecule has 1 amide bonds. The highest BCUT2D eigenvalue weighted by molar-refractivity contribution is 9.10. The van der Waals surface area contributed by atoms with Crippen LogP contribution >= 0.6 is 15.9 Å². The van der Waals surface area contributed by atoms with Crippen molar-refractivity contribution in [1.29, 1.82) is 0 Å². The molecule has 0 spiro atoms. The van der Waals surface area contributed by atoms with Crippen LogP contribution in [0.25, 0.3) is 0 Å². The lowest BCUT2D eigenvalue weighted by molar-refractivity contribution is 0.0988. The molecule has 0 heterocycles. The van der Waals surface area contributed by atoms with E-state index >= 15 is 0 Å². The van der Waals surface area contributed by atoms with Gasteiger partial charge >= 0.3 is 0 Å². The van der Waals surface area contributed by atoms with Crippen molar-refractivity contribution in [1.82, 2.24) is 0 Å². The fraction of sp³-hybridized carbons (Fsp3) is 0.133. The number of hydrogen-bond acceptors (Lipinski definition) is 2. The molecular formula is C15H13BrFNO2. The van der Waals surface area contributed by atoms with E-state index in [1.165, 1.54) is 11.0 Å². The number of amides is 1. The summed E-state index contributed by atoms with van der Waals surface area (Å²) in [7, 11) is 3.17. The van der Waals surface area contributed by atoms with Crippen LogP contribution in [-0.2, 0) is 0 Å². The summed E-state index contributed by atoms with van der Waals surface area (Å²) >= 11 is 3.20. The van der Waals surface area contributed by atoms with Gasteiger partial charge < -0.3 is 9.64 Å². The second-order valence-corrected chi connectivity index (χ2v) is 5.01. The molecule has 3 nitrogen and oxygen atoms in total. The van der Waals surface area contributed by atoms with Crippen LogP contribution in [-0.4, -0.2) is 20.1 Å². The number of carbonyl (C=O) groups is 1. The topological polar surface area (TPSA) is 29.5 Å². The zero-order valence-electron chi connectivity index (χ0n) is 11.1. The highest BCUT2D eigenvalue weighted by atomic mass is 79.9. The van der Waals surface area contributed by atoms with Gasteiger partial charge in [-0.3, -0.25) is 4.79 Å². The Kier molecular flexibility index (Phi) is 4.39. The van der Waals surface area contributed by atoms with Crippen molar-refractivity contribution >= 4 is 27.5 Å². The van der Waals surface area contributed by atoms with Crippen LogP contribution in [0.15, 0.2) is 46.9 Å². The summed E-state index contributed by atoms with van der Waals surface area (Å²) in [5.41, 5.74) is 0.678. The molecule has 104 valence electrons. The zero-order valence-corrected chi connectivity index (χ0v) is 12.6. The van der Waals surface area contributed by atoms with Gasteiger partial charge in [0.1, 0.15) is 11.6 Å². The van der Waals surface area contributed by atoms with Gasteiger partial charge in [0.15, 0.2) is 0 Å². The predicted molar refractivity (Wildman–Crippen MR) is 79.8 cm³/mol. The molecular weight excluding hydrogens is 325 g/mol. The van der Waals surface area contributed by atoms with E-state index in [9.17, 15) is 9.18 Å². The number of benzene rings is 2. The molecule has 0 unspecified atom stereocenters. The Labute approximate surface area is 125 Å². The number of halogens is 2. The van der Waals surface area contributed by atoms with Crippen molar-refractivity contribution < 1.29 is 13.9 Å². The van der Waals surface area contributed by atoms with Crippen LogP contribution < -0.4 is 9.64 Å². The average molecular weight is 338 g/mol. The minimum atomic E-state index is -0.551. The standard InChI is InChI=1S/C15H13BrFNO2/c1-18(10-6-8-11(20-2)9-7-10)15(19)14-12(16)4-3-5-13(14)17/h3-9H,1-2H3. The Morgan fingerprint density at radius 1 is 1.20 bits per heavy atom. The Morgan fingerprint density at radius 2 is 1.85 bits per heavy atom. The highest BCUT2D eigenvalue weighted by Gasteiger charge is 2.20. The van der Waals surface area contributed by atoms with Gasteiger partial charge in [0.2, 0.25) is 0 Å². The summed E-state index contributed by atoms with van der Waals surface area (Å²) in [5.74, 6) is -0.272. The average Bonchev–Trinajstić information content (AvgIpc) is 2.46. The number of hydrogen-bond donors (Lipinski definition) is 0. The first-order chi connectivity index (χ1) is 9.54. The number of nitrogens with zero attached hydrogens (tertiary/aromatic N) is 1. The van der Waals surface area contributed by atoms with Crippen molar-refractivity contribution in [3.8, 4) is 5.75 Å². The lowest BCUT2D eigenvalue weighted by atomic mass is 10.1. The summed E-state index contributed by atoms with van der Waals surface area (Å²) in [6, 6.07) is 11.4. The molecule has 0 saturated carbocycles. The van der Waals surface area contributed by atoms with Gasteiger partial charge in [0.25, 0.3) is 5.91 Å². The molecule has 2 aromatic carbocycles. The number of rotatable bonds is 3. The van der Waals surface area contributed by atoms with E-state index in [4.69, 9.17) is 4.74 Å². The van der Waals surface area contributed by atoms with Crippen molar-refractivity contribution in [2.45, 2.75) is 0 Å². The highest BCUT2D eigenvalue weighted by Crippen LogP contribution is 2.24. The van der Waals surface area contributed by atoms with Gasteiger partial charge in [-0.25, -0.2) is 4.39 Å². The first-order valence-corrected chi connectivity index (χ1v) is 6.70. The molecule has 0 bridgehead atoms. The number of anilines is 1. The first kappa shape index (κ1) is 14.5. The third-order valence-corrected chi connectivity index (χ3v) is 3.60. The van der Waals surface area contributed by atoms with E-state index < -0.39 is 11.7 Å². The smallest absolute Gasteiger partial charge is 0.262 e. The minimum Gasteiger partial charge on any atom is -0.497 e. The molecule has 0 fully saturated rings. The molecule has 0 aromatic heterocycles. The SMILES string of the molecule is COc1ccc(N(C)C(=O)c2c(F)cccc2Br)cc1. The molecule has 20 heavy (non-hydrogen) atoms. The van der Waals surface area contributed by atoms with Crippen LogP contribution in [0.5, 0.6) is 5.75 Å². The number of methoxy groups -OCH3 is 1. The molecule has 0 radical (unpaired) electrons. The maximum Gasteiger partial charge on any atom is 0.262 e. The van der Waals surface area contributed by atoms with Crippen molar-refractivity contribution in [2.75, 3.05) is 19.1 Å². The van der Waals surface area contributed by atoms with E-state index in [1.54, 1.807) is 50.6 Å². The van der Waals surface area contributed by atoms with Gasteiger partial charge in [-0.1, -0.05) is 6.07 Å². The van der Waals surface area contributed by atoms with E-state index in [0.717, 1.165) is 0 Å². The van der Waals surface area contributed by atoms with Crippen molar-refractivity contribution in [3.63, 3.8) is 0 Å². The molecule has 2 rings (SSSR count). The molecule has 0 aliphatic rings. The summed E-state index contributed by atoms with van der Waals surface area (Å²) in [6.07, 6.45) is 0. The van der Waals surface area contributed by atoms with Crippen LogP contribution in [0.3, 0.4) is 0 Å². The summed E-state index contributed by atoms with van der Waals surface area (Å²) in [6.45, 7) is 0. The minimum absolute atomic E-state index is 0.0193. The van der Waals surface area contributed by atoms with Gasteiger partial charge in [-0.2, -0.15) is 0 Å². The molecule has 0 N–H and O–H groups in total. The quantitative estimate of drug-likeness (QED) is 0.850. The van der Waals surface area contributed by atoms with E-state index in [1.807, 2.05) is 0 Å². The van der Waals surface area contributed by atoms with Gasteiger partial charge in [-0.05, 0) is 52.3 Å². The van der Waals surface area contributed by atoms with E-state index in [-0.39, 0.29) is 5.56 Å².